The number of ether oxygens (including phenoxy) is 1. The number of nitrogens with one attached hydrogen (secondary N) is 1. The molecule has 2 heterocycles. The Labute approximate surface area is 128 Å². The molecule has 0 aliphatic carbocycles. The number of aryl methyl sites for hydroxylation is 1. The van der Waals surface area contributed by atoms with E-state index in [1.165, 1.54) is 16.8 Å². The quantitative estimate of drug-likeness (QED) is 0.760. The zero-order valence-corrected chi connectivity index (χ0v) is 13.1. The number of benzene rings is 1. The maximum atomic E-state index is 5.25. The zero-order chi connectivity index (χ0) is 14.7. The molecule has 3 aromatic rings. The second-order valence-corrected chi connectivity index (χ2v) is 5.88. The first kappa shape index (κ1) is 14.3. The van der Waals surface area contributed by atoms with Crippen molar-refractivity contribution in [1.29, 1.82) is 0 Å². The summed E-state index contributed by atoms with van der Waals surface area (Å²) in [6.45, 7) is 4.36. The van der Waals surface area contributed by atoms with Crippen molar-refractivity contribution in [2.45, 2.75) is 26.6 Å². The molecule has 0 unspecified atom stereocenters. The van der Waals surface area contributed by atoms with Crippen molar-refractivity contribution >= 4 is 16.3 Å². The van der Waals surface area contributed by atoms with Gasteiger partial charge in [-0.15, -0.1) is 11.3 Å². The van der Waals surface area contributed by atoms with E-state index in [1.807, 2.05) is 6.07 Å². The molecule has 0 spiro atoms. The van der Waals surface area contributed by atoms with E-state index >= 15 is 0 Å². The van der Waals surface area contributed by atoms with Crippen LogP contribution in [0.25, 0.3) is 4.96 Å². The van der Waals surface area contributed by atoms with Gasteiger partial charge < -0.3 is 10.1 Å². The third-order valence-electron chi connectivity index (χ3n) is 3.59. The number of rotatable bonds is 6. The van der Waals surface area contributed by atoms with Gasteiger partial charge in [0.25, 0.3) is 0 Å². The van der Waals surface area contributed by atoms with Gasteiger partial charge in [-0.2, -0.15) is 0 Å². The number of hydrogen-bond acceptors (Lipinski definition) is 4. The van der Waals surface area contributed by atoms with E-state index in [-0.39, 0.29) is 0 Å². The predicted molar refractivity (Wildman–Crippen MR) is 85.5 cm³/mol. The first-order valence-corrected chi connectivity index (χ1v) is 7.85. The minimum Gasteiger partial charge on any atom is -0.380 e. The average molecular weight is 301 g/mol. The molecule has 2 aromatic heterocycles. The number of methoxy groups -OCH3 is 1. The lowest BCUT2D eigenvalue weighted by atomic mass is 10.1. The second kappa shape index (κ2) is 6.39. The summed E-state index contributed by atoms with van der Waals surface area (Å²) in [5.74, 6) is 0. The largest absolute Gasteiger partial charge is 0.380 e. The van der Waals surface area contributed by atoms with Crippen LogP contribution in [0.1, 0.15) is 22.5 Å². The molecule has 0 fully saturated rings. The van der Waals surface area contributed by atoms with Gasteiger partial charge in [0.1, 0.15) is 0 Å². The molecule has 0 atom stereocenters. The zero-order valence-electron chi connectivity index (χ0n) is 12.3. The van der Waals surface area contributed by atoms with Crippen LogP contribution in [-0.4, -0.2) is 16.5 Å². The summed E-state index contributed by atoms with van der Waals surface area (Å²) in [5, 5.41) is 5.58. The molecule has 21 heavy (non-hydrogen) atoms. The van der Waals surface area contributed by atoms with Gasteiger partial charge in [-0.1, -0.05) is 24.3 Å². The highest BCUT2D eigenvalue weighted by Gasteiger charge is 2.09. The normalized spacial score (nSPS) is 11.3. The summed E-state index contributed by atoms with van der Waals surface area (Å²) in [4.78, 5) is 5.63. The summed E-state index contributed by atoms with van der Waals surface area (Å²) >= 11 is 1.67. The van der Waals surface area contributed by atoms with Gasteiger partial charge in [0.15, 0.2) is 4.96 Å². The highest BCUT2D eigenvalue weighted by Crippen LogP contribution is 2.17. The summed E-state index contributed by atoms with van der Waals surface area (Å²) < 4.78 is 7.41. The van der Waals surface area contributed by atoms with Crippen molar-refractivity contribution in [2.24, 2.45) is 0 Å². The van der Waals surface area contributed by atoms with Crippen molar-refractivity contribution in [3.05, 3.63) is 58.4 Å². The fraction of sp³-hybridized carbons (Fsp3) is 0.312. The van der Waals surface area contributed by atoms with E-state index in [9.17, 15) is 0 Å². The van der Waals surface area contributed by atoms with Crippen LogP contribution in [-0.2, 0) is 24.4 Å². The summed E-state index contributed by atoms with van der Waals surface area (Å²) in [6.07, 6.45) is 2.08. The Bertz CT molecular complexity index is 732. The molecule has 5 heteroatoms. The third-order valence-corrected chi connectivity index (χ3v) is 4.34. The van der Waals surface area contributed by atoms with Crippen molar-refractivity contribution in [3.8, 4) is 0 Å². The lowest BCUT2D eigenvalue weighted by Crippen LogP contribution is -2.16. The molecule has 0 bridgehead atoms. The Balaban J connectivity index is 1.69. The van der Waals surface area contributed by atoms with Crippen molar-refractivity contribution < 1.29 is 4.74 Å². The van der Waals surface area contributed by atoms with Gasteiger partial charge in [-0.3, -0.25) is 4.40 Å². The molecule has 0 amide bonds. The van der Waals surface area contributed by atoms with Crippen molar-refractivity contribution in [2.75, 3.05) is 7.11 Å². The molecule has 0 radical (unpaired) electrons. The van der Waals surface area contributed by atoms with Crippen LogP contribution >= 0.6 is 11.3 Å². The van der Waals surface area contributed by atoms with Gasteiger partial charge in [0.2, 0.25) is 0 Å². The highest BCUT2D eigenvalue weighted by atomic mass is 32.1. The smallest absolute Gasteiger partial charge is 0.194 e. The predicted octanol–water partition coefficient (Wildman–Crippen LogP) is 3.14. The number of hydrogen-bond donors (Lipinski definition) is 1. The Hall–Kier alpha value is -1.69. The van der Waals surface area contributed by atoms with E-state index in [2.05, 4.69) is 51.4 Å². The van der Waals surface area contributed by atoms with E-state index < -0.39 is 0 Å². The molecule has 3 rings (SSSR count). The SMILES string of the molecule is COCc1ccccc1CNCc1c(C)nc2sccn12. The standard InChI is InChI=1S/C16H19N3OS/c1-12-15(19-7-8-21-16(19)18-12)10-17-9-13-5-3-4-6-14(13)11-20-2/h3-8,17H,9-11H2,1-2H3. The maximum Gasteiger partial charge on any atom is 0.194 e. The maximum absolute atomic E-state index is 5.25. The first-order chi connectivity index (χ1) is 10.3. The van der Waals surface area contributed by atoms with Crippen molar-refractivity contribution in [1.82, 2.24) is 14.7 Å². The fourth-order valence-electron chi connectivity index (χ4n) is 2.50. The van der Waals surface area contributed by atoms with E-state index in [0.717, 1.165) is 23.7 Å². The lowest BCUT2D eigenvalue weighted by molar-refractivity contribution is 0.184. The number of fused-ring (bicyclic) bond motifs is 1. The fourth-order valence-corrected chi connectivity index (χ4v) is 3.27. The minimum absolute atomic E-state index is 0.651. The third kappa shape index (κ3) is 3.00. The molecular formula is C16H19N3OS. The minimum atomic E-state index is 0.651. The van der Waals surface area contributed by atoms with Crippen LogP contribution in [0, 0.1) is 6.92 Å². The summed E-state index contributed by atoms with van der Waals surface area (Å²) in [6, 6.07) is 8.37. The molecule has 110 valence electrons. The second-order valence-electron chi connectivity index (χ2n) is 5.00. The summed E-state index contributed by atoms with van der Waals surface area (Å²) in [5.41, 5.74) is 4.84. The number of nitrogens with zero attached hydrogens (tertiary/aromatic N) is 2. The van der Waals surface area contributed by atoms with Crippen LogP contribution in [0.4, 0.5) is 0 Å². The molecule has 0 aliphatic heterocycles. The molecule has 1 N–H and O–H groups in total. The van der Waals surface area contributed by atoms with Crippen LogP contribution in [0.15, 0.2) is 35.8 Å². The first-order valence-electron chi connectivity index (χ1n) is 6.97. The van der Waals surface area contributed by atoms with Gasteiger partial charge in [0.05, 0.1) is 18.0 Å². The molecule has 0 aliphatic rings. The Morgan fingerprint density at radius 2 is 2.05 bits per heavy atom. The van der Waals surface area contributed by atoms with Gasteiger partial charge in [-0.05, 0) is 18.1 Å². The topological polar surface area (TPSA) is 38.6 Å². The Kier molecular flexibility index (Phi) is 4.34. The molecular weight excluding hydrogens is 282 g/mol. The van der Waals surface area contributed by atoms with Gasteiger partial charge >= 0.3 is 0 Å². The average Bonchev–Trinajstić information content (AvgIpc) is 3.03. The van der Waals surface area contributed by atoms with E-state index in [1.54, 1.807) is 18.4 Å². The molecule has 1 aromatic carbocycles. The Morgan fingerprint density at radius 1 is 1.24 bits per heavy atom. The summed E-state index contributed by atoms with van der Waals surface area (Å²) in [7, 11) is 1.73. The van der Waals surface area contributed by atoms with Crippen LogP contribution in [0.2, 0.25) is 0 Å². The number of aromatic nitrogens is 2. The van der Waals surface area contributed by atoms with E-state index in [0.29, 0.717) is 6.61 Å². The van der Waals surface area contributed by atoms with Crippen molar-refractivity contribution in [3.63, 3.8) is 0 Å². The van der Waals surface area contributed by atoms with E-state index in [4.69, 9.17) is 4.74 Å². The van der Waals surface area contributed by atoms with Crippen LogP contribution < -0.4 is 5.32 Å². The van der Waals surface area contributed by atoms with Crippen LogP contribution in [0.5, 0.6) is 0 Å². The Morgan fingerprint density at radius 3 is 2.86 bits per heavy atom. The van der Waals surface area contributed by atoms with Crippen LogP contribution in [0.3, 0.4) is 0 Å². The number of thiazole rings is 1. The molecule has 0 saturated heterocycles. The van der Waals surface area contributed by atoms with Gasteiger partial charge in [-0.25, -0.2) is 4.98 Å². The molecule has 0 saturated carbocycles. The molecule has 4 nitrogen and oxygen atoms in total. The number of imidazole rings is 1. The highest BCUT2D eigenvalue weighted by molar-refractivity contribution is 7.15. The lowest BCUT2D eigenvalue weighted by Gasteiger charge is -2.10. The monoisotopic (exact) mass is 301 g/mol. The van der Waals surface area contributed by atoms with Gasteiger partial charge in [0, 0.05) is 31.8 Å².